The first-order valence-electron chi connectivity index (χ1n) is 7.95. The van der Waals surface area contributed by atoms with Crippen LogP contribution in [0.1, 0.15) is 30.1 Å². The maximum atomic E-state index is 12.6. The van der Waals surface area contributed by atoms with Crippen LogP contribution in [0.3, 0.4) is 0 Å². The summed E-state index contributed by atoms with van der Waals surface area (Å²) in [6.45, 7) is 1.69. The average molecular weight is 372 g/mol. The number of piperidine rings is 1. The van der Waals surface area contributed by atoms with Gasteiger partial charge in [-0.05, 0) is 43.0 Å². The molecule has 25 heavy (non-hydrogen) atoms. The number of benzene rings is 1. The van der Waals surface area contributed by atoms with E-state index in [9.17, 15) is 22.4 Å². The van der Waals surface area contributed by atoms with Crippen molar-refractivity contribution in [1.29, 1.82) is 0 Å². The summed E-state index contributed by atoms with van der Waals surface area (Å²) >= 11 is 0. The predicted molar refractivity (Wildman–Crippen MR) is 88.5 cm³/mol. The van der Waals surface area contributed by atoms with Crippen LogP contribution < -0.4 is 5.32 Å². The largest absolute Gasteiger partial charge is 0.480 e. The lowest BCUT2D eigenvalue weighted by Crippen LogP contribution is -2.42. The van der Waals surface area contributed by atoms with Crippen molar-refractivity contribution in [1.82, 2.24) is 9.62 Å². The number of nitrogens with zero attached hydrogens (tertiary/aromatic N) is 1. The average Bonchev–Trinajstić information content (AvgIpc) is 2.59. The van der Waals surface area contributed by atoms with Gasteiger partial charge in [0.1, 0.15) is 6.67 Å². The molecular formula is C16H21FN2O5S. The minimum atomic E-state index is -3.63. The second-order valence-electron chi connectivity index (χ2n) is 6.15. The molecule has 1 amide bonds. The highest BCUT2D eigenvalue weighted by Gasteiger charge is 2.29. The molecule has 1 aromatic rings. The van der Waals surface area contributed by atoms with Crippen molar-refractivity contribution in [2.75, 3.05) is 19.8 Å². The molecule has 1 heterocycles. The van der Waals surface area contributed by atoms with Crippen LogP contribution in [-0.2, 0) is 14.8 Å². The Bertz CT molecular complexity index is 735. The molecule has 7 nitrogen and oxygen atoms in total. The molecule has 0 spiro atoms. The fourth-order valence-corrected chi connectivity index (χ4v) is 4.30. The van der Waals surface area contributed by atoms with E-state index in [1.165, 1.54) is 28.6 Å². The Hall–Kier alpha value is -2.00. The number of sulfonamides is 1. The van der Waals surface area contributed by atoms with E-state index in [1.807, 2.05) is 12.2 Å². The minimum absolute atomic E-state index is 0.0608. The number of halogens is 1. The standard InChI is InChI=1S/C16H21FN2O5S/c1-11-3-2-8-19(10-11)25(23,24)13-6-4-12(5-7-13)15(20)18-14(9-17)16(21)22/h4-7,11,14H,2-3,8-10H2,1H3,(H,18,20)(H,21,22). The second kappa shape index (κ2) is 7.92. The number of hydrogen-bond donors (Lipinski definition) is 2. The van der Waals surface area contributed by atoms with Gasteiger partial charge in [-0.1, -0.05) is 6.92 Å². The highest BCUT2D eigenvalue weighted by Crippen LogP contribution is 2.23. The molecule has 2 unspecified atom stereocenters. The highest BCUT2D eigenvalue weighted by atomic mass is 32.2. The molecule has 1 aliphatic rings. The van der Waals surface area contributed by atoms with Crippen molar-refractivity contribution in [3.05, 3.63) is 29.8 Å². The molecule has 2 atom stereocenters. The highest BCUT2D eigenvalue weighted by molar-refractivity contribution is 7.89. The summed E-state index contributed by atoms with van der Waals surface area (Å²) in [5.41, 5.74) is 0.0608. The number of carboxylic acid groups (broad SMARTS) is 1. The minimum Gasteiger partial charge on any atom is -0.480 e. The fraction of sp³-hybridized carbons (Fsp3) is 0.500. The monoisotopic (exact) mass is 372 g/mol. The number of alkyl halides is 1. The number of nitrogens with one attached hydrogen (secondary N) is 1. The first-order chi connectivity index (χ1) is 11.8. The maximum Gasteiger partial charge on any atom is 0.328 e. The van der Waals surface area contributed by atoms with E-state index in [0.29, 0.717) is 19.0 Å². The lowest BCUT2D eigenvalue weighted by atomic mass is 10.0. The Labute approximate surface area is 145 Å². The zero-order chi connectivity index (χ0) is 18.6. The van der Waals surface area contributed by atoms with Crippen LogP contribution in [-0.4, -0.2) is 55.5 Å². The van der Waals surface area contributed by atoms with Crippen LogP contribution >= 0.6 is 0 Å². The zero-order valence-electron chi connectivity index (χ0n) is 13.8. The zero-order valence-corrected chi connectivity index (χ0v) is 14.6. The summed E-state index contributed by atoms with van der Waals surface area (Å²) in [4.78, 5) is 22.7. The topological polar surface area (TPSA) is 104 Å². The van der Waals surface area contributed by atoms with E-state index in [1.54, 1.807) is 0 Å². The molecule has 2 N–H and O–H groups in total. The number of carbonyl (C=O) groups excluding carboxylic acids is 1. The van der Waals surface area contributed by atoms with E-state index >= 15 is 0 Å². The summed E-state index contributed by atoms with van der Waals surface area (Å²) in [6.07, 6.45) is 1.80. The van der Waals surface area contributed by atoms with E-state index in [2.05, 4.69) is 0 Å². The van der Waals surface area contributed by atoms with Crippen LogP contribution in [0.15, 0.2) is 29.2 Å². The first-order valence-corrected chi connectivity index (χ1v) is 9.39. The molecule has 1 aromatic carbocycles. The quantitative estimate of drug-likeness (QED) is 0.782. The fourth-order valence-electron chi connectivity index (χ4n) is 2.70. The van der Waals surface area contributed by atoms with Crippen LogP contribution in [0.25, 0.3) is 0 Å². The van der Waals surface area contributed by atoms with Gasteiger partial charge >= 0.3 is 5.97 Å². The molecule has 0 bridgehead atoms. The van der Waals surface area contributed by atoms with Crippen molar-refractivity contribution < 1.29 is 27.5 Å². The van der Waals surface area contributed by atoms with Gasteiger partial charge in [0.2, 0.25) is 10.0 Å². The molecule has 0 saturated carbocycles. The Morgan fingerprint density at radius 3 is 2.52 bits per heavy atom. The molecule has 1 aliphatic heterocycles. The number of hydrogen-bond acceptors (Lipinski definition) is 4. The summed E-state index contributed by atoms with van der Waals surface area (Å²) in [5.74, 6) is -1.96. The van der Waals surface area contributed by atoms with E-state index in [4.69, 9.17) is 5.11 Å². The van der Waals surface area contributed by atoms with Gasteiger partial charge in [-0.3, -0.25) is 4.79 Å². The number of carbonyl (C=O) groups is 2. The normalized spacial score (nSPS) is 20.0. The first kappa shape index (κ1) is 19.3. The van der Waals surface area contributed by atoms with Gasteiger partial charge in [-0.15, -0.1) is 0 Å². The van der Waals surface area contributed by atoms with Gasteiger partial charge in [-0.25, -0.2) is 17.6 Å². The van der Waals surface area contributed by atoms with Gasteiger partial charge in [-0.2, -0.15) is 4.31 Å². The predicted octanol–water partition coefficient (Wildman–Crippen LogP) is 1.26. The lowest BCUT2D eigenvalue weighted by molar-refractivity contribution is -0.139. The Morgan fingerprint density at radius 2 is 2.00 bits per heavy atom. The molecule has 2 rings (SSSR count). The van der Waals surface area contributed by atoms with Crippen LogP contribution in [0.5, 0.6) is 0 Å². The van der Waals surface area contributed by atoms with Crippen molar-refractivity contribution in [3.63, 3.8) is 0 Å². The van der Waals surface area contributed by atoms with Crippen LogP contribution in [0.4, 0.5) is 4.39 Å². The molecule has 0 aromatic heterocycles. The van der Waals surface area contributed by atoms with Crippen LogP contribution in [0, 0.1) is 5.92 Å². The number of amides is 1. The number of aliphatic carboxylic acids is 1. The molecule has 1 saturated heterocycles. The summed E-state index contributed by atoms with van der Waals surface area (Å²) in [5, 5.41) is 10.8. The van der Waals surface area contributed by atoms with E-state index in [0.717, 1.165) is 12.8 Å². The van der Waals surface area contributed by atoms with Crippen LogP contribution in [0.2, 0.25) is 0 Å². The SMILES string of the molecule is CC1CCCN(S(=O)(=O)c2ccc(C(=O)NC(CF)C(=O)O)cc2)C1. The van der Waals surface area contributed by atoms with Crippen molar-refractivity contribution in [3.8, 4) is 0 Å². The van der Waals surface area contributed by atoms with Gasteiger partial charge in [0.05, 0.1) is 4.90 Å². The van der Waals surface area contributed by atoms with Gasteiger partial charge in [0.25, 0.3) is 5.91 Å². The number of rotatable bonds is 6. The summed E-state index contributed by atoms with van der Waals surface area (Å²) < 4.78 is 39.2. The third-order valence-electron chi connectivity index (χ3n) is 4.13. The van der Waals surface area contributed by atoms with Gasteiger partial charge in [0, 0.05) is 18.7 Å². The summed E-state index contributed by atoms with van der Waals surface area (Å²) in [6, 6.07) is 3.54. The Morgan fingerprint density at radius 1 is 1.36 bits per heavy atom. The number of carboxylic acids is 1. The molecule has 0 aliphatic carbocycles. The molecule has 9 heteroatoms. The smallest absolute Gasteiger partial charge is 0.328 e. The van der Waals surface area contributed by atoms with E-state index < -0.39 is 34.6 Å². The lowest BCUT2D eigenvalue weighted by Gasteiger charge is -2.30. The molecule has 0 radical (unpaired) electrons. The van der Waals surface area contributed by atoms with Gasteiger partial charge < -0.3 is 10.4 Å². The molecule has 1 fully saturated rings. The van der Waals surface area contributed by atoms with Crippen molar-refractivity contribution in [2.45, 2.75) is 30.7 Å². The maximum absolute atomic E-state index is 12.6. The molecule has 138 valence electrons. The molecular weight excluding hydrogens is 351 g/mol. The van der Waals surface area contributed by atoms with Gasteiger partial charge in [0.15, 0.2) is 6.04 Å². The van der Waals surface area contributed by atoms with E-state index in [-0.39, 0.29) is 10.5 Å². The second-order valence-corrected chi connectivity index (χ2v) is 8.09. The Kier molecular flexibility index (Phi) is 6.12. The summed E-state index contributed by atoms with van der Waals surface area (Å²) in [7, 11) is -3.63. The Balaban J connectivity index is 2.13. The van der Waals surface area contributed by atoms with Crippen molar-refractivity contribution in [2.24, 2.45) is 5.92 Å². The van der Waals surface area contributed by atoms with Crippen molar-refractivity contribution >= 4 is 21.9 Å². The third kappa shape index (κ3) is 4.55. The third-order valence-corrected chi connectivity index (χ3v) is 6.01.